The van der Waals surface area contributed by atoms with Crippen molar-refractivity contribution in [1.82, 2.24) is 20.2 Å². The zero-order chi connectivity index (χ0) is 24.7. The van der Waals surface area contributed by atoms with Crippen molar-refractivity contribution in [1.29, 1.82) is 0 Å². The molecule has 3 saturated heterocycles. The van der Waals surface area contributed by atoms with Crippen molar-refractivity contribution in [3.8, 4) is 17.6 Å². The maximum absolute atomic E-state index is 5.75. The van der Waals surface area contributed by atoms with Gasteiger partial charge in [-0.25, -0.2) is 4.98 Å². The van der Waals surface area contributed by atoms with E-state index in [1.54, 1.807) is 7.11 Å². The molecule has 2 N–H and O–H groups in total. The first-order valence-electron chi connectivity index (χ1n) is 13.6. The van der Waals surface area contributed by atoms with E-state index in [0.29, 0.717) is 6.10 Å². The van der Waals surface area contributed by atoms with Crippen LogP contribution in [0.3, 0.4) is 0 Å². The Bertz CT molecular complexity index is 1080. The standard InChI is InChI=1S/C28H40N6O2/c1-21(19-29-20-23-10-8-16-36-23)30-27-24-18-26(35-2)22(9-7-13-33-11-3-4-12-33)17-25(24)31-28(32-27)34-14-5-6-15-34/h17-18,21,23,29H,3-6,8,10-16,19-20H2,1-2H3,(H,30,31,32)/t21-,23?/m0/s1. The van der Waals surface area contributed by atoms with Gasteiger partial charge in [0.25, 0.3) is 0 Å². The Labute approximate surface area is 215 Å². The zero-order valence-corrected chi connectivity index (χ0v) is 21.8. The van der Waals surface area contributed by atoms with Crippen LogP contribution in [0.4, 0.5) is 11.8 Å². The summed E-state index contributed by atoms with van der Waals surface area (Å²) in [4.78, 5) is 14.6. The van der Waals surface area contributed by atoms with Crippen molar-refractivity contribution in [3.63, 3.8) is 0 Å². The van der Waals surface area contributed by atoms with Gasteiger partial charge < -0.3 is 25.0 Å². The minimum Gasteiger partial charge on any atom is -0.495 e. The highest BCUT2D eigenvalue weighted by Crippen LogP contribution is 2.31. The number of nitrogens with one attached hydrogen (secondary N) is 2. The maximum atomic E-state index is 5.75. The number of hydrogen-bond donors (Lipinski definition) is 2. The summed E-state index contributed by atoms with van der Waals surface area (Å²) in [5, 5.41) is 8.16. The largest absolute Gasteiger partial charge is 0.495 e. The first-order chi connectivity index (χ1) is 17.7. The number of anilines is 2. The smallest absolute Gasteiger partial charge is 0.227 e. The van der Waals surface area contributed by atoms with Crippen LogP contribution in [0.25, 0.3) is 10.9 Å². The first-order valence-corrected chi connectivity index (χ1v) is 13.6. The molecule has 0 spiro atoms. The lowest BCUT2D eigenvalue weighted by molar-refractivity contribution is 0.110. The number of likely N-dealkylation sites (tertiary alicyclic amines) is 1. The van der Waals surface area contributed by atoms with Crippen LogP contribution in [0.1, 0.15) is 51.0 Å². The monoisotopic (exact) mass is 492 g/mol. The molecule has 1 aromatic carbocycles. The van der Waals surface area contributed by atoms with Crippen LogP contribution in [-0.4, -0.2) is 86.5 Å². The topological polar surface area (TPSA) is 74.8 Å². The van der Waals surface area contributed by atoms with Gasteiger partial charge in [-0.1, -0.05) is 11.8 Å². The second kappa shape index (κ2) is 12.1. The molecule has 3 fully saturated rings. The predicted octanol–water partition coefficient (Wildman–Crippen LogP) is 3.25. The van der Waals surface area contributed by atoms with E-state index in [2.05, 4.69) is 45.3 Å². The molecule has 2 aromatic rings. The van der Waals surface area contributed by atoms with E-state index in [9.17, 15) is 0 Å². The lowest BCUT2D eigenvalue weighted by Gasteiger charge is -2.21. The lowest BCUT2D eigenvalue weighted by Crippen LogP contribution is -2.35. The molecule has 0 aliphatic carbocycles. The van der Waals surface area contributed by atoms with E-state index in [0.717, 1.165) is 92.8 Å². The Balaban J connectivity index is 1.38. The highest BCUT2D eigenvalue weighted by Gasteiger charge is 2.20. The lowest BCUT2D eigenvalue weighted by atomic mass is 10.1. The third kappa shape index (κ3) is 6.20. The molecule has 1 unspecified atom stereocenters. The van der Waals surface area contributed by atoms with Crippen LogP contribution in [-0.2, 0) is 4.74 Å². The van der Waals surface area contributed by atoms with E-state index in [-0.39, 0.29) is 6.04 Å². The molecule has 1 aromatic heterocycles. The molecular weight excluding hydrogens is 452 g/mol. The third-order valence-corrected chi connectivity index (χ3v) is 7.35. The van der Waals surface area contributed by atoms with E-state index in [1.165, 1.54) is 32.1 Å². The minimum absolute atomic E-state index is 0.196. The van der Waals surface area contributed by atoms with Gasteiger partial charge in [-0.05, 0) is 70.7 Å². The molecule has 8 nitrogen and oxygen atoms in total. The number of aromatic nitrogens is 2. The summed E-state index contributed by atoms with van der Waals surface area (Å²) in [6, 6.07) is 4.30. The molecule has 8 heteroatoms. The number of hydrogen-bond acceptors (Lipinski definition) is 8. The number of fused-ring (bicyclic) bond motifs is 1. The molecule has 4 heterocycles. The number of nitrogens with zero attached hydrogens (tertiary/aromatic N) is 4. The van der Waals surface area contributed by atoms with Crippen molar-refractivity contribution in [2.75, 3.05) is 69.7 Å². The molecule has 0 amide bonds. The highest BCUT2D eigenvalue weighted by atomic mass is 16.5. The summed E-state index contributed by atoms with van der Waals surface area (Å²) in [6.45, 7) is 9.89. The SMILES string of the molecule is COc1cc2c(N[C@@H](C)CNCC3CCCO3)nc(N3CCCC3)nc2cc1C#CCN1CCCC1. The molecule has 194 valence electrons. The van der Waals surface area contributed by atoms with E-state index in [4.69, 9.17) is 19.4 Å². The third-order valence-electron chi connectivity index (χ3n) is 7.35. The molecule has 0 saturated carbocycles. The molecule has 36 heavy (non-hydrogen) atoms. The van der Waals surface area contributed by atoms with Crippen molar-refractivity contribution in [2.24, 2.45) is 0 Å². The number of benzene rings is 1. The Morgan fingerprint density at radius 3 is 2.67 bits per heavy atom. The quantitative estimate of drug-likeness (QED) is 0.517. The van der Waals surface area contributed by atoms with E-state index in [1.807, 2.05) is 6.07 Å². The van der Waals surface area contributed by atoms with E-state index < -0.39 is 0 Å². The minimum atomic E-state index is 0.196. The summed E-state index contributed by atoms with van der Waals surface area (Å²) >= 11 is 0. The van der Waals surface area contributed by atoms with Gasteiger partial charge in [-0.2, -0.15) is 4.98 Å². The summed E-state index contributed by atoms with van der Waals surface area (Å²) in [7, 11) is 1.71. The molecule has 3 aliphatic rings. The maximum Gasteiger partial charge on any atom is 0.227 e. The van der Waals surface area contributed by atoms with Crippen molar-refractivity contribution in [3.05, 3.63) is 17.7 Å². The Morgan fingerprint density at radius 1 is 1.11 bits per heavy atom. The average Bonchev–Trinajstić information content (AvgIpc) is 3.68. The molecule has 3 aliphatic heterocycles. The van der Waals surface area contributed by atoms with Gasteiger partial charge in [-0.15, -0.1) is 0 Å². The highest BCUT2D eigenvalue weighted by molar-refractivity contribution is 5.92. The zero-order valence-electron chi connectivity index (χ0n) is 21.8. The van der Waals surface area contributed by atoms with Crippen LogP contribution in [0, 0.1) is 11.8 Å². The van der Waals surface area contributed by atoms with Crippen molar-refractivity contribution >= 4 is 22.7 Å². The second-order valence-corrected chi connectivity index (χ2v) is 10.3. The molecular formula is C28H40N6O2. The van der Waals surface area contributed by atoms with Crippen LogP contribution in [0.15, 0.2) is 12.1 Å². The number of methoxy groups -OCH3 is 1. The number of rotatable bonds is 9. The van der Waals surface area contributed by atoms with Crippen LogP contribution in [0.2, 0.25) is 0 Å². The number of ether oxygens (including phenoxy) is 2. The Hall–Kier alpha value is -2.60. The van der Waals surface area contributed by atoms with Gasteiger partial charge in [0.05, 0.1) is 30.8 Å². The van der Waals surface area contributed by atoms with Gasteiger partial charge in [0, 0.05) is 44.2 Å². The summed E-state index contributed by atoms with van der Waals surface area (Å²) < 4.78 is 11.5. The van der Waals surface area contributed by atoms with Gasteiger partial charge in [-0.3, -0.25) is 4.90 Å². The van der Waals surface area contributed by atoms with Crippen molar-refractivity contribution in [2.45, 2.75) is 57.6 Å². The van der Waals surface area contributed by atoms with Crippen LogP contribution >= 0.6 is 0 Å². The predicted molar refractivity (Wildman–Crippen MR) is 145 cm³/mol. The molecule has 5 rings (SSSR count). The van der Waals surface area contributed by atoms with Crippen molar-refractivity contribution < 1.29 is 9.47 Å². The molecule has 0 radical (unpaired) electrons. The van der Waals surface area contributed by atoms with Gasteiger partial charge in [0.15, 0.2) is 0 Å². The van der Waals surface area contributed by atoms with Gasteiger partial charge in [0.2, 0.25) is 5.95 Å². The first kappa shape index (κ1) is 25.1. The normalized spacial score (nSPS) is 21.1. The summed E-state index contributed by atoms with van der Waals surface area (Å²) in [5.74, 6) is 9.12. The molecule has 0 bridgehead atoms. The Morgan fingerprint density at radius 2 is 1.92 bits per heavy atom. The van der Waals surface area contributed by atoms with Crippen LogP contribution in [0.5, 0.6) is 5.75 Å². The fraction of sp³-hybridized carbons (Fsp3) is 0.643. The Kier molecular flexibility index (Phi) is 8.42. The van der Waals surface area contributed by atoms with Crippen LogP contribution < -0.4 is 20.3 Å². The average molecular weight is 493 g/mol. The second-order valence-electron chi connectivity index (χ2n) is 10.3. The van der Waals surface area contributed by atoms with Gasteiger partial charge in [0.1, 0.15) is 11.6 Å². The van der Waals surface area contributed by atoms with Gasteiger partial charge >= 0.3 is 0 Å². The molecule has 2 atom stereocenters. The van der Waals surface area contributed by atoms with E-state index >= 15 is 0 Å². The summed E-state index contributed by atoms with van der Waals surface area (Å²) in [5.41, 5.74) is 1.78. The fourth-order valence-electron chi connectivity index (χ4n) is 5.32. The summed E-state index contributed by atoms with van der Waals surface area (Å²) in [6.07, 6.45) is 7.57. The fourth-order valence-corrected chi connectivity index (χ4v) is 5.32.